The van der Waals surface area contributed by atoms with Crippen LogP contribution in [-0.4, -0.2) is 66.3 Å². The molecule has 10 nitrogen and oxygen atoms in total. The van der Waals surface area contributed by atoms with E-state index in [4.69, 9.17) is 9.15 Å². The van der Waals surface area contributed by atoms with E-state index in [9.17, 15) is 21.6 Å². The van der Waals surface area contributed by atoms with Crippen LogP contribution in [-0.2, 0) is 26.5 Å². The highest BCUT2D eigenvalue weighted by atomic mass is 35.5. The molecule has 0 aliphatic heterocycles. The summed E-state index contributed by atoms with van der Waals surface area (Å²) < 4.78 is 65.2. The second-order valence-corrected chi connectivity index (χ2v) is 14.8. The molecule has 3 rings (SSSR count). The number of halogens is 1. The van der Waals surface area contributed by atoms with E-state index in [0.29, 0.717) is 46.8 Å². The molecular formula is C32H48ClN3O7S2. The molecule has 0 aliphatic rings. The van der Waals surface area contributed by atoms with Crippen molar-refractivity contribution < 1.29 is 30.8 Å². The number of ether oxygens (including phenoxy) is 1. The third-order valence-electron chi connectivity index (χ3n) is 7.12. The van der Waals surface area contributed by atoms with E-state index in [0.717, 1.165) is 77.1 Å². The Morgan fingerprint density at radius 3 is 2.04 bits per heavy atom. The molecule has 1 heterocycles. The van der Waals surface area contributed by atoms with Gasteiger partial charge in [0.15, 0.2) is 5.78 Å². The van der Waals surface area contributed by atoms with E-state index in [1.54, 1.807) is 30.3 Å². The van der Waals surface area contributed by atoms with Crippen molar-refractivity contribution in [2.45, 2.75) is 72.1 Å². The molecule has 0 atom stereocenters. The van der Waals surface area contributed by atoms with Crippen molar-refractivity contribution in [3.63, 3.8) is 0 Å². The summed E-state index contributed by atoms with van der Waals surface area (Å²) in [6.45, 7) is 9.76. The summed E-state index contributed by atoms with van der Waals surface area (Å²) in [6, 6.07) is 9.50. The summed E-state index contributed by atoms with van der Waals surface area (Å²) in [4.78, 5) is 16.5. The molecule has 0 saturated carbocycles. The molecule has 0 radical (unpaired) electrons. The van der Waals surface area contributed by atoms with E-state index in [-0.39, 0.29) is 29.4 Å². The number of anilines is 2. The lowest BCUT2D eigenvalue weighted by molar-refractivity contribution is 0.103. The lowest BCUT2D eigenvalue weighted by atomic mass is 9.97. The van der Waals surface area contributed by atoms with Gasteiger partial charge < -0.3 is 14.1 Å². The van der Waals surface area contributed by atoms with Crippen molar-refractivity contribution in [1.29, 1.82) is 0 Å². The normalized spacial score (nSPS) is 11.9. The van der Waals surface area contributed by atoms with E-state index < -0.39 is 20.0 Å². The van der Waals surface area contributed by atoms with Gasteiger partial charge in [-0.2, -0.15) is 0 Å². The van der Waals surface area contributed by atoms with Crippen molar-refractivity contribution in [3.8, 4) is 5.75 Å². The number of unbranched alkanes of at least 4 members (excludes halogenated alkanes) is 3. The van der Waals surface area contributed by atoms with Crippen molar-refractivity contribution in [2.24, 2.45) is 0 Å². The first-order chi connectivity index (χ1) is 20.8. The molecule has 2 aromatic carbocycles. The monoisotopic (exact) mass is 685 g/mol. The van der Waals surface area contributed by atoms with Gasteiger partial charge in [-0.3, -0.25) is 14.2 Å². The average Bonchev–Trinajstić information content (AvgIpc) is 3.31. The molecule has 1 aromatic heterocycles. The number of fused-ring (bicyclic) bond motifs is 1. The van der Waals surface area contributed by atoms with Gasteiger partial charge in [-0.05, 0) is 75.2 Å². The Balaban J connectivity index is 0.00000705. The second-order valence-electron chi connectivity index (χ2n) is 11.3. The first-order valence-corrected chi connectivity index (χ1v) is 19.2. The minimum Gasteiger partial charge on any atom is -0.491 e. The maximum Gasteiger partial charge on any atom is 0.229 e. The van der Waals surface area contributed by atoms with Crippen LogP contribution in [0.1, 0.15) is 87.4 Å². The van der Waals surface area contributed by atoms with Crippen molar-refractivity contribution in [2.75, 3.05) is 48.2 Å². The van der Waals surface area contributed by atoms with Crippen LogP contribution in [0.4, 0.5) is 11.4 Å². The Morgan fingerprint density at radius 1 is 0.822 bits per heavy atom. The number of furan rings is 1. The SMILES string of the molecule is CCCCc1oc2ccc(NS(C)(=O)=O)cc2c1C(=O)c1ccc(OCCCN(CCCC)CCCC)c(NS(C)(=O)=O)c1.Cl. The molecule has 0 aliphatic carbocycles. The number of carbonyl (C=O) groups excluding carboxylic acids is 1. The van der Waals surface area contributed by atoms with Gasteiger partial charge >= 0.3 is 0 Å². The maximum absolute atomic E-state index is 14.0. The summed E-state index contributed by atoms with van der Waals surface area (Å²) in [5.74, 6) is 0.470. The number of carbonyl (C=O) groups is 1. The minimum atomic E-state index is -3.67. The minimum absolute atomic E-state index is 0. The lowest BCUT2D eigenvalue weighted by Gasteiger charge is -2.22. The first kappa shape index (κ1) is 38.4. The number of benzene rings is 2. The fourth-order valence-electron chi connectivity index (χ4n) is 4.98. The maximum atomic E-state index is 14.0. The van der Waals surface area contributed by atoms with Gasteiger partial charge in [-0.15, -0.1) is 12.4 Å². The lowest BCUT2D eigenvalue weighted by Crippen LogP contribution is -2.28. The molecule has 0 spiro atoms. The second kappa shape index (κ2) is 17.8. The van der Waals surface area contributed by atoms with Gasteiger partial charge in [0, 0.05) is 29.6 Å². The highest BCUT2D eigenvalue weighted by Crippen LogP contribution is 2.34. The molecular weight excluding hydrogens is 638 g/mol. The Bertz CT molecular complexity index is 1610. The zero-order valence-electron chi connectivity index (χ0n) is 27.0. The summed E-state index contributed by atoms with van der Waals surface area (Å²) in [6.07, 6.45) is 9.63. The van der Waals surface area contributed by atoms with Crippen LogP contribution in [0, 0.1) is 0 Å². The molecule has 0 fully saturated rings. The van der Waals surface area contributed by atoms with Gasteiger partial charge in [0.05, 0.1) is 30.4 Å². The number of nitrogens with zero attached hydrogens (tertiary/aromatic N) is 1. The van der Waals surface area contributed by atoms with E-state index in [2.05, 4.69) is 28.2 Å². The van der Waals surface area contributed by atoms with E-state index in [1.807, 2.05) is 6.92 Å². The quantitative estimate of drug-likeness (QED) is 0.0975. The molecule has 0 bridgehead atoms. The molecule has 0 unspecified atom stereocenters. The number of rotatable bonds is 20. The third kappa shape index (κ3) is 12.1. The van der Waals surface area contributed by atoms with Crippen LogP contribution >= 0.6 is 12.4 Å². The van der Waals surface area contributed by atoms with Crippen LogP contribution in [0.5, 0.6) is 5.75 Å². The molecule has 13 heteroatoms. The van der Waals surface area contributed by atoms with Crippen LogP contribution in [0.2, 0.25) is 0 Å². The van der Waals surface area contributed by atoms with Gasteiger partial charge in [-0.25, -0.2) is 16.8 Å². The zero-order valence-corrected chi connectivity index (χ0v) is 29.4. The molecule has 2 N–H and O–H groups in total. The fourth-order valence-corrected chi connectivity index (χ4v) is 6.09. The van der Waals surface area contributed by atoms with Gasteiger partial charge in [0.1, 0.15) is 17.1 Å². The Hall–Kier alpha value is -2.80. The van der Waals surface area contributed by atoms with Crippen LogP contribution < -0.4 is 14.2 Å². The highest BCUT2D eigenvalue weighted by Gasteiger charge is 2.24. The Morgan fingerprint density at radius 2 is 1.44 bits per heavy atom. The van der Waals surface area contributed by atoms with Crippen molar-refractivity contribution >= 4 is 60.6 Å². The fraction of sp³-hybridized carbons (Fsp3) is 0.531. The van der Waals surface area contributed by atoms with Gasteiger partial charge in [-0.1, -0.05) is 40.0 Å². The molecule has 0 saturated heterocycles. The number of hydrogen-bond acceptors (Lipinski definition) is 8. The van der Waals surface area contributed by atoms with Gasteiger partial charge in [0.25, 0.3) is 0 Å². The topological polar surface area (TPSA) is 135 Å². The molecule has 252 valence electrons. The summed E-state index contributed by atoms with van der Waals surface area (Å²) in [5, 5.41) is 0.475. The van der Waals surface area contributed by atoms with Crippen molar-refractivity contribution in [3.05, 3.63) is 53.3 Å². The summed E-state index contributed by atoms with van der Waals surface area (Å²) >= 11 is 0. The molecule has 0 amide bonds. The standard InChI is InChI=1S/C32H47N3O7S2.ClH/c1-6-9-13-30-31(26-23-25(33-43(4,37)38)15-17-28(26)42-30)32(36)24-14-16-29(27(22-24)34-44(5,39)40)41-21-12-20-35(18-10-7-2)19-11-8-3;/h14-17,22-23,33-34H,6-13,18-21H2,1-5H3;1H. The number of hydrogen-bond donors (Lipinski definition) is 2. The number of sulfonamides is 2. The van der Waals surface area contributed by atoms with Crippen LogP contribution in [0.25, 0.3) is 11.0 Å². The smallest absolute Gasteiger partial charge is 0.229 e. The van der Waals surface area contributed by atoms with Gasteiger partial charge in [0.2, 0.25) is 20.0 Å². The summed E-state index contributed by atoms with van der Waals surface area (Å²) in [5.41, 5.74) is 1.51. The predicted molar refractivity (Wildman–Crippen MR) is 185 cm³/mol. The highest BCUT2D eigenvalue weighted by molar-refractivity contribution is 7.92. The Kier molecular flexibility index (Phi) is 15.2. The number of nitrogens with one attached hydrogen (secondary N) is 2. The third-order valence-corrected chi connectivity index (χ3v) is 8.31. The van der Waals surface area contributed by atoms with E-state index in [1.165, 1.54) is 6.07 Å². The van der Waals surface area contributed by atoms with E-state index >= 15 is 0 Å². The number of aryl methyl sites for hydroxylation is 1. The average molecular weight is 686 g/mol. The van der Waals surface area contributed by atoms with Crippen LogP contribution in [0.3, 0.4) is 0 Å². The van der Waals surface area contributed by atoms with Crippen LogP contribution in [0.15, 0.2) is 40.8 Å². The zero-order chi connectivity index (χ0) is 32.3. The largest absolute Gasteiger partial charge is 0.491 e. The Labute approximate surface area is 274 Å². The first-order valence-electron chi connectivity index (χ1n) is 15.4. The van der Waals surface area contributed by atoms with Crippen molar-refractivity contribution in [1.82, 2.24) is 4.90 Å². The number of ketones is 1. The predicted octanol–water partition coefficient (Wildman–Crippen LogP) is 6.84. The molecule has 45 heavy (non-hydrogen) atoms. The summed E-state index contributed by atoms with van der Waals surface area (Å²) in [7, 11) is -7.21. The molecule has 3 aromatic rings.